The van der Waals surface area contributed by atoms with E-state index in [9.17, 15) is 13.2 Å². The molecule has 0 fully saturated rings. The van der Waals surface area contributed by atoms with Gasteiger partial charge in [0.05, 0.1) is 11.8 Å². The maximum atomic E-state index is 12.3. The van der Waals surface area contributed by atoms with Gasteiger partial charge in [-0.3, -0.25) is 4.68 Å². The molecule has 0 unspecified atom stereocenters. The van der Waals surface area contributed by atoms with Gasteiger partial charge in [0.25, 0.3) is 0 Å². The van der Waals surface area contributed by atoms with Crippen molar-refractivity contribution in [1.29, 1.82) is 0 Å². The zero-order chi connectivity index (χ0) is 13.2. The van der Waals surface area contributed by atoms with Crippen molar-refractivity contribution in [2.45, 2.75) is 12.7 Å². The number of aryl methyl sites for hydroxylation is 1. The van der Waals surface area contributed by atoms with Crippen LogP contribution in [-0.2, 0) is 19.8 Å². The number of hydrogen-bond acceptors (Lipinski definition) is 2. The zero-order valence-electron chi connectivity index (χ0n) is 9.70. The van der Waals surface area contributed by atoms with E-state index < -0.39 is 11.7 Å². The van der Waals surface area contributed by atoms with Gasteiger partial charge in [-0.2, -0.15) is 18.3 Å². The molecular formula is C12H12F3N3. The molecule has 0 aliphatic rings. The minimum atomic E-state index is -4.29. The Morgan fingerprint density at radius 3 is 2.39 bits per heavy atom. The Morgan fingerprint density at radius 2 is 1.89 bits per heavy atom. The Bertz CT molecular complexity index is 514. The third kappa shape index (κ3) is 3.03. The molecule has 0 atom stereocenters. The summed E-state index contributed by atoms with van der Waals surface area (Å²) in [6.07, 6.45) is -0.740. The molecule has 1 aromatic carbocycles. The molecule has 0 saturated heterocycles. The second kappa shape index (κ2) is 4.72. The van der Waals surface area contributed by atoms with Crippen molar-refractivity contribution >= 4 is 5.69 Å². The molecule has 2 rings (SSSR count). The third-order valence-electron chi connectivity index (χ3n) is 2.47. The summed E-state index contributed by atoms with van der Waals surface area (Å²) in [5.74, 6) is 0. The van der Waals surface area contributed by atoms with Crippen molar-refractivity contribution in [2.75, 3.05) is 5.32 Å². The molecule has 0 bridgehead atoms. The van der Waals surface area contributed by atoms with Crippen LogP contribution < -0.4 is 5.32 Å². The normalized spacial score (nSPS) is 11.6. The van der Waals surface area contributed by atoms with Crippen LogP contribution in [0.2, 0.25) is 0 Å². The van der Waals surface area contributed by atoms with Crippen LogP contribution in [0.15, 0.2) is 36.7 Å². The fourth-order valence-electron chi connectivity index (χ4n) is 1.54. The van der Waals surface area contributed by atoms with Crippen LogP contribution in [0.4, 0.5) is 18.9 Å². The number of aromatic nitrogens is 2. The lowest BCUT2D eigenvalue weighted by Gasteiger charge is -2.08. The van der Waals surface area contributed by atoms with Crippen LogP contribution in [0, 0.1) is 0 Å². The quantitative estimate of drug-likeness (QED) is 0.913. The molecule has 0 radical (unpaired) electrons. The van der Waals surface area contributed by atoms with Gasteiger partial charge < -0.3 is 5.32 Å². The molecule has 1 N–H and O–H groups in total. The summed E-state index contributed by atoms with van der Waals surface area (Å²) in [6.45, 7) is 0.527. The fraction of sp³-hybridized carbons (Fsp3) is 0.250. The molecule has 6 heteroatoms. The van der Waals surface area contributed by atoms with E-state index in [1.165, 1.54) is 12.1 Å². The number of benzene rings is 1. The van der Waals surface area contributed by atoms with Crippen LogP contribution in [0.25, 0.3) is 0 Å². The van der Waals surface area contributed by atoms with E-state index in [0.29, 0.717) is 12.2 Å². The number of alkyl halides is 3. The van der Waals surface area contributed by atoms with E-state index in [1.54, 1.807) is 10.9 Å². The monoisotopic (exact) mass is 255 g/mol. The van der Waals surface area contributed by atoms with E-state index in [4.69, 9.17) is 0 Å². The van der Waals surface area contributed by atoms with Gasteiger partial charge in [0.2, 0.25) is 0 Å². The van der Waals surface area contributed by atoms with Crippen LogP contribution in [0.1, 0.15) is 11.1 Å². The summed E-state index contributed by atoms with van der Waals surface area (Å²) in [5.41, 5.74) is 0.971. The smallest absolute Gasteiger partial charge is 0.381 e. The maximum Gasteiger partial charge on any atom is 0.416 e. The first kappa shape index (κ1) is 12.5. The van der Waals surface area contributed by atoms with Crippen LogP contribution in [0.3, 0.4) is 0 Å². The van der Waals surface area contributed by atoms with Crippen molar-refractivity contribution in [3.05, 3.63) is 47.8 Å². The molecule has 1 heterocycles. The molecule has 0 amide bonds. The predicted octanol–water partition coefficient (Wildman–Crippen LogP) is 3.05. The van der Waals surface area contributed by atoms with Crippen LogP contribution in [-0.4, -0.2) is 9.78 Å². The van der Waals surface area contributed by atoms with Crippen molar-refractivity contribution in [1.82, 2.24) is 9.78 Å². The summed E-state index contributed by atoms with van der Waals surface area (Å²) in [5, 5.41) is 7.04. The average molecular weight is 255 g/mol. The van der Waals surface area contributed by atoms with Gasteiger partial charge in [-0.15, -0.1) is 0 Å². The fourth-order valence-corrected chi connectivity index (χ4v) is 1.54. The molecule has 18 heavy (non-hydrogen) atoms. The predicted molar refractivity (Wildman–Crippen MR) is 62.0 cm³/mol. The number of nitrogens with zero attached hydrogens (tertiary/aromatic N) is 2. The van der Waals surface area contributed by atoms with Gasteiger partial charge in [0, 0.05) is 31.0 Å². The molecule has 0 saturated carbocycles. The van der Waals surface area contributed by atoms with Gasteiger partial charge >= 0.3 is 6.18 Å². The molecule has 96 valence electrons. The first-order chi connectivity index (χ1) is 8.45. The largest absolute Gasteiger partial charge is 0.416 e. The molecule has 2 aromatic rings. The summed E-state index contributed by atoms with van der Waals surface area (Å²) in [6, 6.07) is 4.95. The highest BCUT2D eigenvalue weighted by Crippen LogP contribution is 2.29. The highest BCUT2D eigenvalue weighted by atomic mass is 19.4. The van der Waals surface area contributed by atoms with Crippen LogP contribution >= 0.6 is 0 Å². The van der Waals surface area contributed by atoms with Crippen molar-refractivity contribution in [3.8, 4) is 0 Å². The molecule has 3 nitrogen and oxygen atoms in total. The van der Waals surface area contributed by atoms with Gasteiger partial charge in [0.15, 0.2) is 0 Å². The molecule has 0 spiro atoms. The van der Waals surface area contributed by atoms with Crippen LogP contribution in [0.5, 0.6) is 0 Å². The Labute approximate surface area is 102 Å². The first-order valence-corrected chi connectivity index (χ1v) is 5.34. The highest BCUT2D eigenvalue weighted by molar-refractivity contribution is 5.45. The lowest BCUT2D eigenvalue weighted by atomic mass is 10.2. The van der Waals surface area contributed by atoms with E-state index in [1.807, 2.05) is 13.2 Å². The molecule has 0 aliphatic heterocycles. The number of rotatable bonds is 3. The van der Waals surface area contributed by atoms with Gasteiger partial charge in [-0.05, 0) is 24.3 Å². The summed E-state index contributed by atoms with van der Waals surface area (Å²) in [4.78, 5) is 0. The van der Waals surface area contributed by atoms with Gasteiger partial charge in [0.1, 0.15) is 0 Å². The lowest BCUT2D eigenvalue weighted by molar-refractivity contribution is -0.137. The third-order valence-corrected chi connectivity index (χ3v) is 2.47. The SMILES string of the molecule is Cn1cc(CNc2ccc(C(F)(F)F)cc2)cn1. The Kier molecular flexibility index (Phi) is 3.27. The average Bonchev–Trinajstić information content (AvgIpc) is 2.72. The number of hydrogen-bond donors (Lipinski definition) is 1. The van der Waals surface area contributed by atoms with Crippen molar-refractivity contribution in [3.63, 3.8) is 0 Å². The summed E-state index contributed by atoms with van der Waals surface area (Å²) < 4.78 is 38.7. The highest BCUT2D eigenvalue weighted by Gasteiger charge is 2.29. The topological polar surface area (TPSA) is 29.9 Å². The molecular weight excluding hydrogens is 243 g/mol. The Hall–Kier alpha value is -1.98. The second-order valence-corrected chi connectivity index (χ2v) is 3.95. The van der Waals surface area contributed by atoms with E-state index >= 15 is 0 Å². The Balaban J connectivity index is 1.98. The summed E-state index contributed by atoms with van der Waals surface area (Å²) >= 11 is 0. The van der Waals surface area contributed by atoms with Crippen molar-refractivity contribution in [2.24, 2.45) is 7.05 Å². The number of nitrogens with one attached hydrogen (secondary N) is 1. The van der Waals surface area contributed by atoms with Crippen molar-refractivity contribution < 1.29 is 13.2 Å². The Morgan fingerprint density at radius 1 is 1.22 bits per heavy atom. The van der Waals surface area contributed by atoms with E-state index in [0.717, 1.165) is 17.7 Å². The second-order valence-electron chi connectivity index (χ2n) is 3.95. The number of anilines is 1. The standard InChI is InChI=1S/C12H12F3N3/c1-18-8-9(7-17-18)6-16-11-4-2-10(3-5-11)12(13,14)15/h2-5,7-8,16H,6H2,1H3. The minimum Gasteiger partial charge on any atom is -0.381 e. The van der Waals surface area contributed by atoms with Gasteiger partial charge in [-0.25, -0.2) is 0 Å². The maximum absolute atomic E-state index is 12.3. The first-order valence-electron chi connectivity index (χ1n) is 5.34. The minimum absolute atomic E-state index is 0.527. The van der Waals surface area contributed by atoms with E-state index in [-0.39, 0.29) is 0 Å². The molecule has 1 aromatic heterocycles. The molecule has 0 aliphatic carbocycles. The lowest BCUT2D eigenvalue weighted by Crippen LogP contribution is -2.05. The summed E-state index contributed by atoms with van der Waals surface area (Å²) in [7, 11) is 1.81. The van der Waals surface area contributed by atoms with Gasteiger partial charge in [-0.1, -0.05) is 0 Å². The number of halogens is 3. The zero-order valence-corrected chi connectivity index (χ0v) is 9.70. The van der Waals surface area contributed by atoms with E-state index in [2.05, 4.69) is 10.4 Å².